The fourth-order valence-corrected chi connectivity index (χ4v) is 3.01. The van der Waals surface area contributed by atoms with Crippen LogP contribution in [0, 0.1) is 0 Å². The van der Waals surface area contributed by atoms with Crippen LogP contribution in [0.25, 0.3) is 10.9 Å². The summed E-state index contributed by atoms with van der Waals surface area (Å²) < 4.78 is 5.20. The van der Waals surface area contributed by atoms with E-state index < -0.39 is 5.97 Å². The van der Waals surface area contributed by atoms with Crippen molar-refractivity contribution in [3.63, 3.8) is 0 Å². The van der Waals surface area contributed by atoms with Crippen molar-refractivity contribution < 1.29 is 14.6 Å². The van der Waals surface area contributed by atoms with Gasteiger partial charge in [0.2, 0.25) is 0 Å². The van der Waals surface area contributed by atoms with Crippen LogP contribution >= 0.6 is 0 Å². The van der Waals surface area contributed by atoms with Gasteiger partial charge in [-0.15, -0.1) is 0 Å². The molecule has 4 nitrogen and oxygen atoms in total. The highest BCUT2D eigenvalue weighted by molar-refractivity contribution is 6.04. The van der Waals surface area contributed by atoms with Crippen molar-refractivity contribution in [2.24, 2.45) is 0 Å². The second-order valence-electron chi connectivity index (χ2n) is 5.89. The number of carboxylic acids is 1. The van der Waals surface area contributed by atoms with E-state index in [1.54, 1.807) is 13.2 Å². The number of hydrogen-bond acceptors (Lipinski definition) is 3. The van der Waals surface area contributed by atoms with Gasteiger partial charge in [0, 0.05) is 10.8 Å². The van der Waals surface area contributed by atoms with Gasteiger partial charge in [-0.1, -0.05) is 13.8 Å². The third-order valence-corrected chi connectivity index (χ3v) is 4.15. The molecule has 4 heteroatoms. The highest BCUT2D eigenvalue weighted by atomic mass is 16.5. The van der Waals surface area contributed by atoms with Crippen LogP contribution < -0.4 is 4.74 Å². The number of pyridine rings is 1. The van der Waals surface area contributed by atoms with Gasteiger partial charge in [-0.3, -0.25) is 4.98 Å². The van der Waals surface area contributed by atoms with Crippen molar-refractivity contribution in [3.05, 3.63) is 35.0 Å². The molecular weight excluding hydrogens is 254 g/mol. The van der Waals surface area contributed by atoms with Crippen molar-refractivity contribution in [2.75, 3.05) is 7.11 Å². The number of hydrogen-bond donors (Lipinski definition) is 1. The third kappa shape index (κ3) is 1.75. The molecule has 1 aliphatic rings. The first-order valence-electron chi connectivity index (χ1n) is 6.68. The Morgan fingerprint density at radius 3 is 2.80 bits per heavy atom. The molecule has 0 saturated heterocycles. The first kappa shape index (κ1) is 12.9. The van der Waals surface area contributed by atoms with Crippen molar-refractivity contribution in [1.29, 1.82) is 0 Å². The van der Waals surface area contributed by atoms with Crippen LogP contribution in [0.1, 0.15) is 41.9 Å². The van der Waals surface area contributed by atoms with E-state index in [0.29, 0.717) is 16.7 Å². The SMILES string of the molecule is COc1ccc2nc3c(c(C(=O)O)c2c1)CCC3(C)C. The molecule has 1 aliphatic carbocycles. The maximum atomic E-state index is 11.7. The topological polar surface area (TPSA) is 59.4 Å². The number of fused-ring (bicyclic) bond motifs is 2. The van der Waals surface area contributed by atoms with E-state index in [2.05, 4.69) is 13.8 Å². The van der Waals surface area contributed by atoms with Gasteiger partial charge >= 0.3 is 5.97 Å². The Labute approximate surface area is 117 Å². The zero-order valence-corrected chi connectivity index (χ0v) is 11.9. The number of carboxylic acid groups (broad SMARTS) is 1. The molecule has 0 amide bonds. The smallest absolute Gasteiger partial charge is 0.336 e. The van der Waals surface area contributed by atoms with E-state index in [-0.39, 0.29) is 5.41 Å². The normalized spacial score (nSPS) is 16.1. The third-order valence-electron chi connectivity index (χ3n) is 4.15. The summed E-state index contributed by atoms with van der Waals surface area (Å²) in [5.41, 5.74) is 2.84. The van der Waals surface area contributed by atoms with Gasteiger partial charge in [0.15, 0.2) is 0 Å². The Morgan fingerprint density at radius 1 is 1.40 bits per heavy atom. The van der Waals surface area contributed by atoms with Gasteiger partial charge in [-0.2, -0.15) is 0 Å². The van der Waals surface area contributed by atoms with Crippen molar-refractivity contribution in [3.8, 4) is 5.75 Å². The summed E-state index contributed by atoms with van der Waals surface area (Å²) in [7, 11) is 1.57. The first-order valence-corrected chi connectivity index (χ1v) is 6.68. The Kier molecular flexibility index (Phi) is 2.71. The quantitative estimate of drug-likeness (QED) is 0.911. The maximum absolute atomic E-state index is 11.7. The van der Waals surface area contributed by atoms with Crippen molar-refractivity contribution in [2.45, 2.75) is 32.1 Å². The lowest BCUT2D eigenvalue weighted by molar-refractivity contribution is 0.0698. The van der Waals surface area contributed by atoms with Gasteiger partial charge in [0.05, 0.1) is 23.9 Å². The lowest BCUT2D eigenvalue weighted by Crippen LogP contribution is -2.15. The average molecular weight is 271 g/mol. The van der Waals surface area contributed by atoms with Crippen molar-refractivity contribution in [1.82, 2.24) is 4.98 Å². The fraction of sp³-hybridized carbons (Fsp3) is 0.375. The van der Waals surface area contributed by atoms with Crippen LogP contribution in [-0.2, 0) is 11.8 Å². The van der Waals surface area contributed by atoms with E-state index >= 15 is 0 Å². The fourth-order valence-electron chi connectivity index (χ4n) is 3.01. The molecule has 0 unspecified atom stereocenters. The van der Waals surface area contributed by atoms with E-state index in [9.17, 15) is 9.90 Å². The molecule has 0 spiro atoms. The summed E-state index contributed by atoms with van der Waals surface area (Å²) in [6.45, 7) is 4.24. The van der Waals surface area contributed by atoms with Crippen molar-refractivity contribution >= 4 is 16.9 Å². The van der Waals surface area contributed by atoms with Crippen LogP contribution in [0.5, 0.6) is 5.75 Å². The molecule has 0 fully saturated rings. The highest BCUT2D eigenvalue weighted by Gasteiger charge is 2.35. The number of aromatic nitrogens is 1. The summed E-state index contributed by atoms with van der Waals surface area (Å²) in [4.78, 5) is 16.4. The van der Waals surface area contributed by atoms with Gasteiger partial charge in [-0.25, -0.2) is 4.79 Å². The van der Waals surface area contributed by atoms with Crippen LogP contribution in [0.15, 0.2) is 18.2 Å². The average Bonchev–Trinajstić information content (AvgIpc) is 2.71. The molecule has 0 radical (unpaired) electrons. The van der Waals surface area contributed by atoms with E-state index in [1.165, 1.54) is 0 Å². The lowest BCUT2D eigenvalue weighted by atomic mass is 9.89. The maximum Gasteiger partial charge on any atom is 0.336 e. The molecule has 1 aromatic heterocycles. The van der Waals surface area contributed by atoms with Crippen LogP contribution in [-0.4, -0.2) is 23.2 Å². The molecule has 104 valence electrons. The summed E-state index contributed by atoms with van der Waals surface area (Å²) >= 11 is 0. The minimum Gasteiger partial charge on any atom is -0.497 e. The standard InChI is InChI=1S/C16H17NO3/c1-16(2)7-6-10-13(15(18)19)11-8-9(20-3)4-5-12(11)17-14(10)16/h4-5,8H,6-7H2,1-3H3,(H,18,19). The number of benzene rings is 1. The summed E-state index contributed by atoms with van der Waals surface area (Å²) in [5.74, 6) is -0.237. The molecule has 3 rings (SSSR count). The molecule has 20 heavy (non-hydrogen) atoms. The molecule has 2 aromatic rings. The van der Waals surface area contributed by atoms with Gasteiger partial charge in [0.25, 0.3) is 0 Å². The second kappa shape index (κ2) is 4.20. The lowest BCUT2D eigenvalue weighted by Gasteiger charge is -2.19. The summed E-state index contributed by atoms with van der Waals surface area (Å²) in [5, 5.41) is 10.3. The summed E-state index contributed by atoms with van der Waals surface area (Å²) in [6.07, 6.45) is 1.70. The van der Waals surface area contributed by atoms with Gasteiger partial charge in [-0.05, 0) is 36.6 Å². The number of rotatable bonds is 2. The summed E-state index contributed by atoms with van der Waals surface area (Å²) in [6, 6.07) is 5.40. The van der Waals surface area contributed by atoms with E-state index in [1.807, 2.05) is 12.1 Å². The number of aromatic carboxylic acids is 1. The molecule has 1 N–H and O–H groups in total. The van der Waals surface area contributed by atoms with Crippen LogP contribution in [0.4, 0.5) is 0 Å². The molecule has 1 heterocycles. The number of carbonyl (C=O) groups is 1. The van der Waals surface area contributed by atoms with E-state index in [4.69, 9.17) is 9.72 Å². The van der Waals surface area contributed by atoms with E-state index in [0.717, 1.165) is 29.6 Å². The van der Waals surface area contributed by atoms with Gasteiger partial charge in [0.1, 0.15) is 5.75 Å². The Morgan fingerprint density at radius 2 is 2.15 bits per heavy atom. The molecule has 1 aromatic carbocycles. The Bertz CT molecular complexity index is 719. The number of nitrogens with zero attached hydrogens (tertiary/aromatic N) is 1. The number of methoxy groups -OCH3 is 1. The van der Waals surface area contributed by atoms with Crippen LogP contribution in [0.3, 0.4) is 0 Å². The zero-order valence-electron chi connectivity index (χ0n) is 11.9. The highest BCUT2D eigenvalue weighted by Crippen LogP contribution is 2.41. The molecule has 0 aliphatic heterocycles. The second-order valence-corrected chi connectivity index (χ2v) is 5.89. The predicted octanol–water partition coefficient (Wildman–Crippen LogP) is 3.17. The molecule has 0 bridgehead atoms. The minimum atomic E-state index is -0.889. The molecule has 0 atom stereocenters. The Balaban J connectivity index is 2.41. The molecule has 0 saturated carbocycles. The number of ether oxygens (including phenoxy) is 1. The largest absolute Gasteiger partial charge is 0.497 e. The predicted molar refractivity (Wildman–Crippen MR) is 76.6 cm³/mol. The monoisotopic (exact) mass is 271 g/mol. The minimum absolute atomic E-state index is 0.0619. The Hall–Kier alpha value is -2.10. The zero-order chi connectivity index (χ0) is 14.5. The molecular formula is C16H17NO3. The van der Waals surface area contributed by atoms with Crippen LogP contribution in [0.2, 0.25) is 0 Å². The van der Waals surface area contributed by atoms with Gasteiger partial charge < -0.3 is 9.84 Å². The first-order chi connectivity index (χ1) is 9.44.